The monoisotopic (exact) mass is 285 g/mol. The van der Waals surface area contributed by atoms with E-state index in [1.807, 2.05) is 0 Å². The van der Waals surface area contributed by atoms with Crippen LogP contribution >= 0.6 is 11.6 Å². The van der Waals surface area contributed by atoms with Gasteiger partial charge in [-0.1, -0.05) is 12.1 Å². The lowest BCUT2D eigenvalue weighted by atomic mass is 9.98. The summed E-state index contributed by atoms with van der Waals surface area (Å²) in [5.74, 6) is 1.36. The van der Waals surface area contributed by atoms with Crippen LogP contribution in [0.2, 0.25) is 0 Å². The molecule has 19 heavy (non-hydrogen) atoms. The summed E-state index contributed by atoms with van der Waals surface area (Å²) in [6, 6.07) is 6.60. The van der Waals surface area contributed by atoms with Crippen molar-refractivity contribution < 1.29 is 9.13 Å². The predicted molar refractivity (Wildman–Crippen MR) is 76.4 cm³/mol. The molecule has 0 amide bonds. The molecule has 0 unspecified atom stereocenters. The maximum absolute atomic E-state index is 13.4. The second kappa shape index (κ2) is 7.71. The minimum Gasteiger partial charge on any atom is -0.490 e. The molecule has 1 saturated heterocycles. The highest BCUT2D eigenvalue weighted by Gasteiger charge is 2.19. The third-order valence-corrected chi connectivity index (χ3v) is 3.89. The predicted octanol–water partition coefficient (Wildman–Crippen LogP) is 3.55. The van der Waals surface area contributed by atoms with Gasteiger partial charge in [-0.25, -0.2) is 4.39 Å². The fourth-order valence-electron chi connectivity index (χ4n) is 2.43. The molecule has 1 aliphatic rings. The second-order valence-electron chi connectivity index (χ2n) is 5.07. The van der Waals surface area contributed by atoms with Crippen molar-refractivity contribution >= 4 is 11.6 Å². The Morgan fingerprint density at radius 3 is 2.68 bits per heavy atom. The summed E-state index contributed by atoms with van der Waals surface area (Å²) >= 11 is 5.70. The molecule has 106 valence electrons. The maximum Gasteiger partial charge on any atom is 0.165 e. The van der Waals surface area contributed by atoms with E-state index in [0.717, 1.165) is 44.8 Å². The van der Waals surface area contributed by atoms with Crippen LogP contribution < -0.4 is 4.74 Å². The average molecular weight is 286 g/mol. The van der Waals surface area contributed by atoms with E-state index in [0.29, 0.717) is 18.3 Å². The van der Waals surface area contributed by atoms with Gasteiger partial charge in [0.05, 0.1) is 6.61 Å². The summed E-state index contributed by atoms with van der Waals surface area (Å²) in [4.78, 5) is 2.45. The van der Waals surface area contributed by atoms with Crippen LogP contribution in [0.3, 0.4) is 0 Å². The number of alkyl halides is 1. The lowest BCUT2D eigenvalue weighted by molar-refractivity contribution is 0.139. The van der Waals surface area contributed by atoms with Gasteiger partial charge in [0.15, 0.2) is 11.6 Å². The Labute approximate surface area is 119 Å². The number of nitrogens with zero attached hydrogens (tertiary/aromatic N) is 1. The van der Waals surface area contributed by atoms with Crippen molar-refractivity contribution in [2.45, 2.75) is 19.3 Å². The van der Waals surface area contributed by atoms with Gasteiger partial charge in [0.1, 0.15) is 0 Å². The Morgan fingerprint density at radius 2 is 2.00 bits per heavy atom. The van der Waals surface area contributed by atoms with E-state index in [9.17, 15) is 4.39 Å². The van der Waals surface area contributed by atoms with Crippen molar-refractivity contribution in [1.29, 1.82) is 0 Å². The Hall–Kier alpha value is -0.800. The first-order valence-corrected chi connectivity index (χ1v) is 7.48. The van der Waals surface area contributed by atoms with Crippen molar-refractivity contribution in [3.63, 3.8) is 0 Å². The highest BCUT2D eigenvalue weighted by atomic mass is 35.5. The number of benzene rings is 1. The molecule has 2 nitrogen and oxygen atoms in total. The number of hydrogen-bond acceptors (Lipinski definition) is 2. The summed E-state index contributed by atoms with van der Waals surface area (Å²) in [5.41, 5.74) is 0. The van der Waals surface area contributed by atoms with Gasteiger partial charge in [0.2, 0.25) is 0 Å². The number of ether oxygens (including phenoxy) is 1. The molecule has 4 heteroatoms. The summed E-state index contributed by atoms with van der Waals surface area (Å²) in [6.45, 7) is 3.90. The van der Waals surface area contributed by atoms with Crippen molar-refractivity contribution in [1.82, 2.24) is 4.90 Å². The molecule has 0 radical (unpaired) electrons. The zero-order chi connectivity index (χ0) is 13.5. The molecule has 1 aromatic rings. The molecule has 1 aliphatic heterocycles. The average Bonchev–Trinajstić information content (AvgIpc) is 2.45. The number of likely N-dealkylation sites (tertiary alicyclic amines) is 1. The largest absolute Gasteiger partial charge is 0.490 e. The number of piperidine rings is 1. The van der Waals surface area contributed by atoms with E-state index >= 15 is 0 Å². The maximum atomic E-state index is 13.4. The van der Waals surface area contributed by atoms with Gasteiger partial charge in [-0.05, 0) is 56.9 Å². The molecule has 1 heterocycles. The van der Waals surface area contributed by atoms with Crippen LogP contribution in [0.25, 0.3) is 0 Å². The minimum absolute atomic E-state index is 0.276. The third-order valence-electron chi connectivity index (χ3n) is 3.63. The van der Waals surface area contributed by atoms with Crippen LogP contribution in [-0.2, 0) is 0 Å². The Balaban J connectivity index is 1.70. The van der Waals surface area contributed by atoms with Crippen molar-refractivity contribution in [3.8, 4) is 5.75 Å². The van der Waals surface area contributed by atoms with Gasteiger partial charge in [0.25, 0.3) is 0 Å². The smallest absolute Gasteiger partial charge is 0.165 e. The molecular formula is C15H21ClFNO. The molecule has 0 N–H and O–H groups in total. The summed E-state index contributed by atoms with van der Waals surface area (Å²) in [6.07, 6.45) is 3.30. The lowest BCUT2D eigenvalue weighted by Crippen LogP contribution is -2.36. The quantitative estimate of drug-likeness (QED) is 0.741. The first kappa shape index (κ1) is 14.6. The molecule has 2 rings (SSSR count). The zero-order valence-corrected chi connectivity index (χ0v) is 11.9. The van der Waals surface area contributed by atoms with Crippen LogP contribution in [-0.4, -0.2) is 37.0 Å². The van der Waals surface area contributed by atoms with E-state index < -0.39 is 0 Å². The molecule has 1 fully saturated rings. The fraction of sp³-hybridized carbons (Fsp3) is 0.600. The van der Waals surface area contributed by atoms with Crippen molar-refractivity contribution in [2.75, 3.05) is 32.1 Å². The van der Waals surface area contributed by atoms with Crippen LogP contribution in [0.1, 0.15) is 19.3 Å². The van der Waals surface area contributed by atoms with Gasteiger partial charge in [0, 0.05) is 5.88 Å². The second-order valence-corrected chi connectivity index (χ2v) is 5.45. The van der Waals surface area contributed by atoms with Gasteiger partial charge >= 0.3 is 0 Å². The molecule has 0 bridgehead atoms. The zero-order valence-electron chi connectivity index (χ0n) is 11.2. The fourth-order valence-corrected chi connectivity index (χ4v) is 2.55. The third kappa shape index (κ3) is 4.66. The Morgan fingerprint density at radius 1 is 1.26 bits per heavy atom. The van der Waals surface area contributed by atoms with Crippen LogP contribution in [0.15, 0.2) is 24.3 Å². The van der Waals surface area contributed by atoms with Gasteiger partial charge in [-0.2, -0.15) is 0 Å². The first-order valence-electron chi connectivity index (χ1n) is 6.95. The van der Waals surface area contributed by atoms with Crippen molar-refractivity contribution in [3.05, 3.63) is 30.1 Å². The van der Waals surface area contributed by atoms with E-state index in [-0.39, 0.29) is 5.82 Å². The van der Waals surface area contributed by atoms with Crippen molar-refractivity contribution in [2.24, 2.45) is 5.92 Å². The number of para-hydroxylation sites is 1. The lowest BCUT2D eigenvalue weighted by Gasteiger charge is -2.31. The van der Waals surface area contributed by atoms with E-state index in [2.05, 4.69) is 4.90 Å². The van der Waals surface area contributed by atoms with Gasteiger partial charge in [-0.3, -0.25) is 0 Å². The Bertz CT molecular complexity index is 380. The summed E-state index contributed by atoms with van der Waals surface area (Å²) in [7, 11) is 0. The molecule has 0 saturated carbocycles. The van der Waals surface area contributed by atoms with E-state index in [4.69, 9.17) is 16.3 Å². The minimum atomic E-state index is -0.276. The highest BCUT2D eigenvalue weighted by molar-refractivity contribution is 6.17. The molecule has 0 spiro atoms. The van der Waals surface area contributed by atoms with E-state index in [1.54, 1.807) is 18.2 Å². The highest BCUT2D eigenvalue weighted by Crippen LogP contribution is 2.21. The van der Waals surface area contributed by atoms with Crippen LogP contribution in [0, 0.1) is 11.7 Å². The Kier molecular flexibility index (Phi) is 5.93. The normalized spacial score (nSPS) is 17.6. The number of hydrogen-bond donors (Lipinski definition) is 0. The van der Waals surface area contributed by atoms with Crippen LogP contribution in [0.5, 0.6) is 5.75 Å². The topological polar surface area (TPSA) is 12.5 Å². The standard InChI is InChI=1S/C15H21ClFNO/c16-8-3-9-18-10-6-13(7-11-18)12-19-15-5-2-1-4-14(15)17/h1-2,4-5,13H,3,6-12H2. The number of rotatable bonds is 6. The molecule has 0 aliphatic carbocycles. The molecule has 1 aromatic carbocycles. The summed E-state index contributed by atoms with van der Waals surface area (Å²) < 4.78 is 19.0. The van der Waals surface area contributed by atoms with Crippen LogP contribution in [0.4, 0.5) is 4.39 Å². The van der Waals surface area contributed by atoms with Gasteiger partial charge < -0.3 is 9.64 Å². The first-order chi connectivity index (χ1) is 9.29. The van der Waals surface area contributed by atoms with Gasteiger partial charge in [-0.15, -0.1) is 11.6 Å². The molecule has 0 aromatic heterocycles. The summed E-state index contributed by atoms with van der Waals surface area (Å²) in [5, 5.41) is 0. The molecular weight excluding hydrogens is 265 g/mol. The molecule has 0 atom stereocenters. The SMILES string of the molecule is Fc1ccccc1OCC1CCN(CCCCl)CC1. The number of halogens is 2. The van der Waals surface area contributed by atoms with E-state index in [1.165, 1.54) is 6.07 Å².